The number of amides is 1. The summed E-state index contributed by atoms with van der Waals surface area (Å²) < 4.78 is 0. The molecule has 0 bridgehead atoms. The first-order chi connectivity index (χ1) is 12.3. The van der Waals surface area contributed by atoms with E-state index in [-0.39, 0.29) is 22.6 Å². The minimum absolute atomic E-state index is 0.0203. The van der Waals surface area contributed by atoms with E-state index in [9.17, 15) is 9.90 Å². The number of aromatic nitrogens is 2. The van der Waals surface area contributed by atoms with Gasteiger partial charge in [0.2, 0.25) is 0 Å². The Morgan fingerprint density at radius 1 is 1.15 bits per heavy atom. The molecule has 1 aromatic heterocycles. The van der Waals surface area contributed by atoms with Crippen molar-refractivity contribution >= 4 is 23.3 Å². The third kappa shape index (κ3) is 3.90. The first-order valence-corrected chi connectivity index (χ1v) is 9.11. The smallest absolute Gasteiger partial charge is 0.254 e. The monoisotopic (exact) mass is 374 g/mol. The molecule has 138 valence electrons. The molecule has 0 aliphatic carbocycles. The van der Waals surface area contributed by atoms with Gasteiger partial charge in [0.1, 0.15) is 17.4 Å². The maximum absolute atomic E-state index is 12.6. The van der Waals surface area contributed by atoms with E-state index in [2.05, 4.69) is 28.7 Å². The second-order valence-corrected chi connectivity index (χ2v) is 7.23. The van der Waals surface area contributed by atoms with Crippen LogP contribution in [0.15, 0.2) is 24.3 Å². The number of nitrogens with zero attached hydrogens (tertiary/aromatic N) is 4. The number of halogens is 1. The summed E-state index contributed by atoms with van der Waals surface area (Å²) in [6.45, 7) is 8.78. The van der Waals surface area contributed by atoms with Crippen LogP contribution in [0.3, 0.4) is 0 Å². The molecular formula is C19H23ClN4O2. The Morgan fingerprint density at radius 2 is 1.85 bits per heavy atom. The second-order valence-electron chi connectivity index (χ2n) is 6.83. The van der Waals surface area contributed by atoms with Gasteiger partial charge in [0, 0.05) is 49.4 Å². The van der Waals surface area contributed by atoms with Crippen molar-refractivity contribution < 1.29 is 9.90 Å². The molecule has 0 unspecified atom stereocenters. The third-order valence-corrected chi connectivity index (χ3v) is 4.76. The zero-order valence-corrected chi connectivity index (χ0v) is 16.0. The van der Waals surface area contributed by atoms with Gasteiger partial charge in [-0.2, -0.15) is 0 Å². The molecule has 1 fully saturated rings. The van der Waals surface area contributed by atoms with Crippen LogP contribution < -0.4 is 4.90 Å². The summed E-state index contributed by atoms with van der Waals surface area (Å²) in [4.78, 5) is 25.8. The fourth-order valence-corrected chi connectivity index (χ4v) is 3.14. The number of anilines is 1. The first-order valence-electron chi connectivity index (χ1n) is 8.73. The fourth-order valence-electron chi connectivity index (χ4n) is 2.96. The summed E-state index contributed by atoms with van der Waals surface area (Å²) in [5.74, 6) is 1.94. The Kier molecular flexibility index (Phi) is 5.32. The quantitative estimate of drug-likeness (QED) is 0.893. The lowest BCUT2D eigenvalue weighted by Gasteiger charge is -2.35. The average molecular weight is 375 g/mol. The van der Waals surface area contributed by atoms with Crippen LogP contribution in [0.25, 0.3) is 0 Å². The van der Waals surface area contributed by atoms with Gasteiger partial charge in [0.15, 0.2) is 0 Å². The summed E-state index contributed by atoms with van der Waals surface area (Å²) in [6.07, 6.45) is 0. The zero-order chi connectivity index (χ0) is 18.8. The number of aromatic hydroxyl groups is 1. The van der Waals surface area contributed by atoms with Crippen molar-refractivity contribution in [3.8, 4) is 5.75 Å². The molecule has 3 rings (SSSR count). The van der Waals surface area contributed by atoms with Gasteiger partial charge in [-0.25, -0.2) is 9.97 Å². The van der Waals surface area contributed by atoms with Gasteiger partial charge < -0.3 is 14.9 Å². The van der Waals surface area contributed by atoms with Crippen molar-refractivity contribution in [2.24, 2.45) is 0 Å². The molecule has 0 saturated carbocycles. The van der Waals surface area contributed by atoms with Crippen molar-refractivity contribution in [2.75, 3.05) is 31.1 Å². The highest BCUT2D eigenvalue weighted by atomic mass is 35.5. The molecule has 26 heavy (non-hydrogen) atoms. The standard InChI is InChI=1S/C19H23ClN4O2/c1-12(2)18-21-13(3)10-17(22-18)23-6-8-24(9-7-23)19(26)14-4-5-16(25)15(20)11-14/h4-5,10-12,25H,6-9H2,1-3H3. The molecule has 1 aliphatic heterocycles. The van der Waals surface area contributed by atoms with Crippen LogP contribution in [0, 0.1) is 6.92 Å². The molecule has 2 aromatic rings. The Morgan fingerprint density at radius 3 is 2.46 bits per heavy atom. The number of carbonyl (C=O) groups excluding carboxylic acids is 1. The van der Waals surface area contributed by atoms with E-state index in [1.54, 1.807) is 11.0 Å². The molecular weight excluding hydrogens is 352 g/mol. The second kappa shape index (κ2) is 7.50. The molecule has 2 heterocycles. The molecule has 1 aromatic carbocycles. The Balaban J connectivity index is 1.69. The van der Waals surface area contributed by atoms with Gasteiger partial charge >= 0.3 is 0 Å². The highest BCUT2D eigenvalue weighted by Crippen LogP contribution is 2.25. The fraction of sp³-hybridized carbons (Fsp3) is 0.421. The number of rotatable bonds is 3. The SMILES string of the molecule is Cc1cc(N2CCN(C(=O)c3ccc(O)c(Cl)c3)CC2)nc(C(C)C)n1. The number of phenolic OH excluding ortho intramolecular Hbond substituents is 1. The Bertz CT molecular complexity index is 817. The van der Waals surface area contributed by atoms with Gasteiger partial charge in [-0.1, -0.05) is 25.4 Å². The summed E-state index contributed by atoms with van der Waals surface area (Å²) >= 11 is 5.91. The normalized spacial score (nSPS) is 14.8. The van der Waals surface area contributed by atoms with Gasteiger partial charge in [0.05, 0.1) is 5.02 Å². The molecule has 1 N–H and O–H groups in total. The topological polar surface area (TPSA) is 69.6 Å². The van der Waals surface area contributed by atoms with Gasteiger partial charge in [0.25, 0.3) is 5.91 Å². The number of carbonyl (C=O) groups is 1. The highest BCUT2D eigenvalue weighted by molar-refractivity contribution is 6.32. The summed E-state index contributed by atoms with van der Waals surface area (Å²) in [5, 5.41) is 9.69. The van der Waals surface area contributed by atoms with Crippen molar-refractivity contribution in [3.05, 3.63) is 46.4 Å². The van der Waals surface area contributed by atoms with Gasteiger partial charge in [-0.05, 0) is 25.1 Å². The highest BCUT2D eigenvalue weighted by Gasteiger charge is 2.24. The van der Waals surface area contributed by atoms with Crippen LogP contribution in [0.4, 0.5) is 5.82 Å². The number of hydrogen-bond acceptors (Lipinski definition) is 5. The van der Waals surface area contributed by atoms with E-state index in [4.69, 9.17) is 11.6 Å². The minimum Gasteiger partial charge on any atom is -0.506 e. The molecule has 0 spiro atoms. The molecule has 1 saturated heterocycles. The maximum Gasteiger partial charge on any atom is 0.254 e. The molecule has 7 heteroatoms. The lowest BCUT2D eigenvalue weighted by atomic mass is 10.1. The van der Waals surface area contributed by atoms with E-state index < -0.39 is 0 Å². The molecule has 1 amide bonds. The number of phenols is 1. The minimum atomic E-state index is -0.0757. The summed E-state index contributed by atoms with van der Waals surface area (Å²) in [5.41, 5.74) is 1.44. The Labute approximate surface area is 158 Å². The molecule has 0 atom stereocenters. The molecule has 6 nitrogen and oxygen atoms in total. The van der Waals surface area contributed by atoms with Gasteiger partial charge in [-0.15, -0.1) is 0 Å². The summed E-state index contributed by atoms with van der Waals surface area (Å²) in [6, 6.07) is 6.54. The lowest BCUT2D eigenvalue weighted by Crippen LogP contribution is -2.49. The van der Waals surface area contributed by atoms with E-state index in [0.29, 0.717) is 31.7 Å². The van der Waals surface area contributed by atoms with Crippen molar-refractivity contribution in [3.63, 3.8) is 0 Å². The average Bonchev–Trinajstić information content (AvgIpc) is 2.63. The van der Waals surface area contributed by atoms with E-state index in [1.807, 2.05) is 13.0 Å². The predicted octanol–water partition coefficient (Wildman–Crippen LogP) is 3.23. The van der Waals surface area contributed by atoms with Crippen molar-refractivity contribution in [1.82, 2.24) is 14.9 Å². The summed E-state index contributed by atoms with van der Waals surface area (Å²) in [7, 11) is 0. The van der Waals surface area contributed by atoms with Crippen LogP contribution >= 0.6 is 11.6 Å². The number of aryl methyl sites for hydroxylation is 1. The molecule has 0 radical (unpaired) electrons. The van der Waals surface area contributed by atoms with Crippen molar-refractivity contribution in [2.45, 2.75) is 26.7 Å². The Hall–Kier alpha value is -2.34. The van der Waals surface area contributed by atoms with E-state index in [0.717, 1.165) is 17.3 Å². The van der Waals surface area contributed by atoms with Crippen LogP contribution in [0.2, 0.25) is 5.02 Å². The third-order valence-electron chi connectivity index (χ3n) is 4.46. The zero-order valence-electron chi connectivity index (χ0n) is 15.2. The molecule has 1 aliphatic rings. The predicted molar refractivity (Wildman–Crippen MR) is 102 cm³/mol. The largest absolute Gasteiger partial charge is 0.506 e. The maximum atomic E-state index is 12.6. The van der Waals surface area contributed by atoms with Gasteiger partial charge in [-0.3, -0.25) is 4.79 Å². The van der Waals surface area contributed by atoms with Crippen LogP contribution in [-0.4, -0.2) is 52.1 Å². The van der Waals surface area contributed by atoms with Crippen LogP contribution in [0.1, 0.15) is 41.6 Å². The first kappa shape index (κ1) is 18.5. The number of benzene rings is 1. The van der Waals surface area contributed by atoms with Crippen LogP contribution in [-0.2, 0) is 0 Å². The van der Waals surface area contributed by atoms with E-state index >= 15 is 0 Å². The van der Waals surface area contributed by atoms with Crippen LogP contribution in [0.5, 0.6) is 5.75 Å². The number of hydrogen-bond donors (Lipinski definition) is 1. The van der Waals surface area contributed by atoms with Crippen molar-refractivity contribution in [1.29, 1.82) is 0 Å². The van der Waals surface area contributed by atoms with E-state index in [1.165, 1.54) is 12.1 Å². The lowest BCUT2D eigenvalue weighted by molar-refractivity contribution is 0.0746. The number of piperazine rings is 1.